The predicted octanol–water partition coefficient (Wildman–Crippen LogP) is 6.00. The first-order chi connectivity index (χ1) is 17.1. The van der Waals surface area contributed by atoms with Crippen molar-refractivity contribution in [3.05, 3.63) is 62.3 Å². The maximum atomic E-state index is 14.0. The van der Waals surface area contributed by atoms with Crippen LogP contribution >= 0.6 is 35.3 Å². The van der Waals surface area contributed by atoms with Gasteiger partial charge >= 0.3 is 0 Å². The van der Waals surface area contributed by atoms with Crippen molar-refractivity contribution in [3.63, 3.8) is 0 Å². The monoisotopic (exact) mass is 541 g/mol. The number of Topliss-reactive ketones (excluding diaryl/α,β-unsaturated/α-hetero) is 1. The van der Waals surface area contributed by atoms with Gasteiger partial charge in [-0.2, -0.15) is 0 Å². The summed E-state index contributed by atoms with van der Waals surface area (Å²) in [6, 6.07) is 13.0. The Bertz CT molecular complexity index is 1580. The van der Waals surface area contributed by atoms with Crippen LogP contribution in [0.3, 0.4) is 0 Å². The van der Waals surface area contributed by atoms with Gasteiger partial charge in [-0.15, -0.1) is 0 Å². The number of ketones is 1. The minimum atomic E-state index is -0.521. The van der Waals surface area contributed by atoms with Crippen molar-refractivity contribution in [1.82, 2.24) is 14.1 Å². The molecule has 0 unspecified atom stereocenters. The van der Waals surface area contributed by atoms with Crippen molar-refractivity contribution in [2.24, 2.45) is 5.41 Å². The standard InChI is InChI=1S/C26H27N3O4S3/c1-15-9-7-8-10-17(15)28-22-21(36-25(28)34)23(31)29(18-13-16(32-5)11-12-19(18)33-6)24(27-22)35-14-20(30)26(2,3)4/h7-13H,14H2,1-6H3. The lowest BCUT2D eigenvalue weighted by Crippen LogP contribution is -2.25. The van der Waals surface area contributed by atoms with Crippen LogP contribution in [0, 0.1) is 16.3 Å². The average Bonchev–Trinajstić information content (AvgIpc) is 3.17. The summed E-state index contributed by atoms with van der Waals surface area (Å²) >= 11 is 8.12. The SMILES string of the molecule is COc1ccc(OC)c(-n2c(SCC(=O)C(C)(C)C)nc3c(sc(=S)n3-c3ccccc3C)c2=O)c1. The molecule has 4 rings (SSSR count). The Hall–Kier alpha value is -2.95. The van der Waals surface area contributed by atoms with Crippen molar-refractivity contribution >= 4 is 51.4 Å². The Kier molecular flexibility index (Phi) is 7.40. The number of rotatable bonds is 7. The van der Waals surface area contributed by atoms with Gasteiger partial charge in [0, 0.05) is 11.5 Å². The van der Waals surface area contributed by atoms with Gasteiger partial charge in [0.2, 0.25) is 0 Å². The van der Waals surface area contributed by atoms with Gasteiger partial charge in [-0.1, -0.05) is 62.1 Å². The van der Waals surface area contributed by atoms with Crippen LogP contribution in [0.4, 0.5) is 0 Å². The Balaban J connectivity index is 2.04. The summed E-state index contributed by atoms with van der Waals surface area (Å²) in [4.78, 5) is 31.7. The molecular weight excluding hydrogens is 515 g/mol. The van der Waals surface area contributed by atoms with Crippen molar-refractivity contribution in [2.45, 2.75) is 32.9 Å². The molecule has 0 fully saturated rings. The normalized spacial score (nSPS) is 11.6. The van der Waals surface area contributed by atoms with Gasteiger partial charge < -0.3 is 9.47 Å². The second kappa shape index (κ2) is 10.2. The largest absolute Gasteiger partial charge is 0.497 e. The van der Waals surface area contributed by atoms with E-state index in [9.17, 15) is 9.59 Å². The summed E-state index contributed by atoms with van der Waals surface area (Å²) in [5.74, 6) is 1.24. The van der Waals surface area contributed by atoms with E-state index in [1.54, 1.807) is 25.3 Å². The maximum absolute atomic E-state index is 14.0. The number of methoxy groups -OCH3 is 2. The first kappa shape index (κ1) is 26.1. The Morgan fingerprint density at radius 3 is 2.44 bits per heavy atom. The molecule has 2 aromatic heterocycles. The minimum Gasteiger partial charge on any atom is -0.497 e. The van der Waals surface area contributed by atoms with E-state index in [0.717, 1.165) is 11.3 Å². The summed E-state index contributed by atoms with van der Waals surface area (Å²) < 4.78 is 15.2. The fraction of sp³-hybridized carbons (Fsp3) is 0.308. The number of para-hydroxylation sites is 1. The van der Waals surface area contributed by atoms with Crippen LogP contribution in [0.15, 0.2) is 52.4 Å². The lowest BCUT2D eigenvalue weighted by atomic mass is 9.92. The molecule has 0 radical (unpaired) electrons. The molecule has 0 aliphatic rings. The van der Waals surface area contributed by atoms with Gasteiger partial charge in [0.1, 0.15) is 22.0 Å². The average molecular weight is 542 g/mol. The van der Waals surface area contributed by atoms with Crippen molar-refractivity contribution in [1.29, 1.82) is 0 Å². The number of thiazole rings is 1. The quantitative estimate of drug-likeness (QED) is 0.161. The number of fused-ring (bicyclic) bond motifs is 1. The molecule has 0 spiro atoms. The van der Waals surface area contributed by atoms with E-state index in [2.05, 4.69) is 0 Å². The number of nitrogens with zero attached hydrogens (tertiary/aromatic N) is 3. The molecule has 0 bridgehead atoms. The molecule has 0 saturated carbocycles. The molecular formula is C26H27N3O4S3. The van der Waals surface area contributed by atoms with E-state index in [1.165, 1.54) is 34.8 Å². The first-order valence-electron chi connectivity index (χ1n) is 11.2. The van der Waals surface area contributed by atoms with E-state index in [0.29, 0.717) is 36.6 Å². The highest BCUT2D eigenvalue weighted by Crippen LogP contribution is 2.33. The van der Waals surface area contributed by atoms with E-state index in [-0.39, 0.29) is 17.1 Å². The number of ether oxygens (including phenoxy) is 2. The number of carbonyl (C=O) groups is 1. The number of thioether (sulfide) groups is 1. The lowest BCUT2D eigenvalue weighted by molar-refractivity contribution is -0.123. The second-order valence-electron chi connectivity index (χ2n) is 9.18. The molecule has 10 heteroatoms. The zero-order valence-corrected chi connectivity index (χ0v) is 23.4. The summed E-state index contributed by atoms with van der Waals surface area (Å²) in [6.45, 7) is 7.61. The summed E-state index contributed by atoms with van der Waals surface area (Å²) in [5, 5.41) is 0.367. The van der Waals surface area contributed by atoms with Gasteiger partial charge in [-0.25, -0.2) is 4.98 Å². The Morgan fingerprint density at radius 2 is 1.81 bits per heavy atom. The minimum absolute atomic E-state index is 0.0482. The third-order valence-corrected chi connectivity index (χ3v) is 8.02. The van der Waals surface area contributed by atoms with Crippen molar-refractivity contribution < 1.29 is 14.3 Å². The van der Waals surface area contributed by atoms with Gasteiger partial charge in [-0.3, -0.25) is 18.7 Å². The van der Waals surface area contributed by atoms with Crippen LogP contribution in [0.2, 0.25) is 0 Å². The van der Waals surface area contributed by atoms with Crippen LogP contribution in [0.25, 0.3) is 21.7 Å². The number of aryl methyl sites for hydroxylation is 1. The summed E-state index contributed by atoms with van der Waals surface area (Å²) in [7, 11) is 3.10. The Labute approximate surface area is 222 Å². The van der Waals surface area contributed by atoms with Crippen molar-refractivity contribution in [2.75, 3.05) is 20.0 Å². The third kappa shape index (κ3) is 4.85. The smallest absolute Gasteiger partial charge is 0.278 e. The summed E-state index contributed by atoms with van der Waals surface area (Å²) in [6.07, 6.45) is 0. The fourth-order valence-corrected chi connectivity index (χ4v) is 6.04. The molecule has 36 heavy (non-hydrogen) atoms. The van der Waals surface area contributed by atoms with E-state index < -0.39 is 5.41 Å². The first-order valence-corrected chi connectivity index (χ1v) is 13.4. The molecule has 0 aliphatic heterocycles. The van der Waals surface area contributed by atoms with Crippen LogP contribution in [-0.2, 0) is 4.79 Å². The van der Waals surface area contributed by atoms with Crippen LogP contribution < -0.4 is 15.0 Å². The van der Waals surface area contributed by atoms with Gasteiger partial charge in [0.05, 0.1) is 31.3 Å². The molecule has 0 aliphatic carbocycles. The topological polar surface area (TPSA) is 75.3 Å². The van der Waals surface area contributed by atoms with Crippen LogP contribution in [0.5, 0.6) is 11.5 Å². The highest BCUT2D eigenvalue weighted by molar-refractivity contribution is 7.99. The predicted molar refractivity (Wildman–Crippen MR) is 148 cm³/mol. The van der Waals surface area contributed by atoms with E-state index in [4.69, 9.17) is 26.7 Å². The molecule has 0 atom stereocenters. The molecule has 188 valence electrons. The highest BCUT2D eigenvalue weighted by Gasteiger charge is 2.25. The molecule has 7 nitrogen and oxygen atoms in total. The Morgan fingerprint density at radius 1 is 1.08 bits per heavy atom. The van der Waals surface area contributed by atoms with Crippen molar-refractivity contribution in [3.8, 4) is 22.9 Å². The number of aromatic nitrogens is 3. The summed E-state index contributed by atoms with van der Waals surface area (Å²) in [5.41, 5.74) is 2.00. The van der Waals surface area contributed by atoms with E-state index in [1.807, 2.05) is 56.5 Å². The zero-order chi connectivity index (χ0) is 26.2. The maximum Gasteiger partial charge on any atom is 0.278 e. The molecule has 4 aromatic rings. The molecule has 0 N–H and O–H groups in total. The second-order valence-corrected chi connectivity index (χ2v) is 11.8. The number of hydrogen-bond donors (Lipinski definition) is 0. The van der Waals surface area contributed by atoms with Crippen LogP contribution in [-0.4, -0.2) is 39.9 Å². The number of hydrogen-bond acceptors (Lipinski definition) is 8. The molecule has 2 heterocycles. The van der Waals surface area contributed by atoms with E-state index >= 15 is 0 Å². The zero-order valence-electron chi connectivity index (χ0n) is 20.9. The van der Waals surface area contributed by atoms with Crippen LogP contribution in [0.1, 0.15) is 26.3 Å². The van der Waals surface area contributed by atoms with Gasteiger partial charge in [0.25, 0.3) is 5.56 Å². The molecule has 0 saturated heterocycles. The van der Waals surface area contributed by atoms with Gasteiger partial charge in [0.15, 0.2) is 14.8 Å². The molecule has 2 aromatic carbocycles. The fourth-order valence-electron chi connectivity index (χ4n) is 3.59. The third-order valence-electron chi connectivity index (χ3n) is 5.73. The molecule has 0 amide bonds. The number of benzene rings is 2. The number of carbonyl (C=O) groups excluding carboxylic acids is 1. The van der Waals surface area contributed by atoms with Gasteiger partial charge in [-0.05, 0) is 42.9 Å². The highest BCUT2D eigenvalue weighted by atomic mass is 32.2. The lowest BCUT2D eigenvalue weighted by Gasteiger charge is -2.18.